The van der Waals surface area contributed by atoms with Gasteiger partial charge >= 0.3 is 5.97 Å². The lowest BCUT2D eigenvalue weighted by Gasteiger charge is -2.26. The molecule has 0 aromatic heterocycles. The van der Waals surface area contributed by atoms with Crippen LogP contribution in [0.4, 0.5) is 0 Å². The van der Waals surface area contributed by atoms with E-state index in [0.717, 1.165) is 0 Å². The number of carboxylic acid groups (broad SMARTS) is 1. The highest BCUT2D eigenvalue weighted by Gasteiger charge is 2.47. The fourth-order valence-corrected chi connectivity index (χ4v) is 1.81. The Morgan fingerprint density at radius 1 is 1.58 bits per heavy atom. The summed E-state index contributed by atoms with van der Waals surface area (Å²) < 4.78 is 0. The first-order valence-electron chi connectivity index (χ1n) is 4.24. The molecular formula is C9H14O3. The molecule has 1 atom stereocenters. The first kappa shape index (κ1) is 9.23. The normalized spacial score (nSPS) is 29.8. The molecule has 0 aromatic carbocycles. The van der Waals surface area contributed by atoms with E-state index in [4.69, 9.17) is 5.11 Å². The van der Waals surface area contributed by atoms with Crippen LogP contribution in [0.2, 0.25) is 0 Å². The second-order valence-corrected chi connectivity index (χ2v) is 3.83. The molecule has 0 unspecified atom stereocenters. The number of hydrogen-bond donors (Lipinski definition) is 1. The zero-order chi connectivity index (χ0) is 9.35. The number of Topliss-reactive ketones (excluding diaryl/α,β-unsaturated/α-hetero) is 1. The van der Waals surface area contributed by atoms with E-state index in [1.54, 1.807) is 0 Å². The van der Waals surface area contributed by atoms with Gasteiger partial charge in [-0.1, -0.05) is 13.8 Å². The molecule has 1 aliphatic carbocycles. The number of ketones is 1. The molecule has 1 saturated carbocycles. The van der Waals surface area contributed by atoms with Crippen LogP contribution in [0.1, 0.15) is 33.1 Å². The highest BCUT2D eigenvalue weighted by atomic mass is 16.4. The average Bonchev–Trinajstić information content (AvgIpc) is 2.32. The highest BCUT2D eigenvalue weighted by molar-refractivity contribution is 5.90. The van der Waals surface area contributed by atoms with Gasteiger partial charge in [0.05, 0.1) is 5.41 Å². The van der Waals surface area contributed by atoms with Crippen molar-refractivity contribution in [3.05, 3.63) is 0 Å². The minimum atomic E-state index is -0.816. The monoisotopic (exact) mass is 170 g/mol. The third kappa shape index (κ3) is 1.24. The van der Waals surface area contributed by atoms with Gasteiger partial charge in [-0.05, 0) is 12.3 Å². The molecule has 0 bridgehead atoms. The van der Waals surface area contributed by atoms with Gasteiger partial charge in [0.25, 0.3) is 0 Å². The summed E-state index contributed by atoms with van der Waals surface area (Å²) in [5.74, 6) is -0.684. The molecule has 3 heteroatoms. The molecule has 0 aromatic rings. The van der Waals surface area contributed by atoms with Gasteiger partial charge in [-0.15, -0.1) is 0 Å². The van der Waals surface area contributed by atoms with Crippen molar-refractivity contribution in [3.63, 3.8) is 0 Å². The molecule has 3 nitrogen and oxygen atoms in total. The van der Waals surface area contributed by atoms with E-state index < -0.39 is 11.4 Å². The minimum Gasteiger partial charge on any atom is -0.481 e. The maximum absolute atomic E-state index is 11.0. The van der Waals surface area contributed by atoms with Crippen molar-refractivity contribution >= 4 is 11.8 Å². The fourth-order valence-electron chi connectivity index (χ4n) is 1.81. The molecule has 0 spiro atoms. The summed E-state index contributed by atoms with van der Waals surface area (Å²) in [5.41, 5.74) is -0.767. The smallest absolute Gasteiger partial charge is 0.310 e. The van der Waals surface area contributed by atoms with Crippen LogP contribution in [0.3, 0.4) is 0 Å². The second-order valence-electron chi connectivity index (χ2n) is 3.83. The van der Waals surface area contributed by atoms with Crippen LogP contribution in [0.15, 0.2) is 0 Å². The number of aliphatic carboxylic acids is 1. The molecule has 1 fully saturated rings. The van der Waals surface area contributed by atoms with Crippen molar-refractivity contribution in [3.8, 4) is 0 Å². The summed E-state index contributed by atoms with van der Waals surface area (Å²) in [6.45, 7) is 3.74. The predicted molar refractivity (Wildman–Crippen MR) is 43.8 cm³/mol. The van der Waals surface area contributed by atoms with Gasteiger partial charge < -0.3 is 5.11 Å². The molecule has 1 aliphatic rings. The molecule has 0 amide bonds. The van der Waals surface area contributed by atoms with E-state index in [9.17, 15) is 9.59 Å². The van der Waals surface area contributed by atoms with Gasteiger partial charge in [0.15, 0.2) is 0 Å². The van der Waals surface area contributed by atoms with Crippen LogP contribution in [0.5, 0.6) is 0 Å². The van der Waals surface area contributed by atoms with Crippen molar-refractivity contribution < 1.29 is 14.7 Å². The summed E-state index contributed by atoms with van der Waals surface area (Å²) in [6, 6.07) is 0. The van der Waals surface area contributed by atoms with Gasteiger partial charge in [-0.2, -0.15) is 0 Å². The molecule has 12 heavy (non-hydrogen) atoms. The van der Waals surface area contributed by atoms with Crippen molar-refractivity contribution in [1.82, 2.24) is 0 Å². The van der Waals surface area contributed by atoms with E-state index in [2.05, 4.69) is 0 Å². The van der Waals surface area contributed by atoms with Gasteiger partial charge in [-0.25, -0.2) is 0 Å². The maximum atomic E-state index is 11.0. The Labute approximate surface area is 71.8 Å². The van der Waals surface area contributed by atoms with Crippen LogP contribution in [-0.2, 0) is 9.59 Å². The van der Waals surface area contributed by atoms with Crippen LogP contribution < -0.4 is 0 Å². The third-order valence-electron chi connectivity index (χ3n) is 2.89. The van der Waals surface area contributed by atoms with E-state index in [1.807, 2.05) is 13.8 Å². The maximum Gasteiger partial charge on any atom is 0.310 e. The van der Waals surface area contributed by atoms with Crippen LogP contribution in [-0.4, -0.2) is 16.9 Å². The first-order chi connectivity index (χ1) is 5.49. The molecular weight excluding hydrogens is 156 g/mol. The summed E-state index contributed by atoms with van der Waals surface area (Å²) in [4.78, 5) is 22.0. The third-order valence-corrected chi connectivity index (χ3v) is 2.89. The largest absolute Gasteiger partial charge is 0.481 e. The van der Waals surface area contributed by atoms with Crippen molar-refractivity contribution in [2.45, 2.75) is 33.1 Å². The lowest BCUT2D eigenvalue weighted by atomic mass is 9.76. The number of carboxylic acids is 1. The Hall–Kier alpha value is -0.860. The molecule has 0 aliphatic heterocycles. The Balaban J connectivity index is 2.89. The topological polar surface area (TPSA) is 54.4 Å². The van der Waals surface area contributed by atoms with E-state index in [0.29, 0.717) is 12.8 Å². The SMILES string of the molecule is CC(C)[C@]1(C(=O)O)CCC(=O)C1. The highest BCUT2D eigenvalue weighted by Crippen LogP contribution is 2.42. The fraction of sp³-hybridized carbons (Fsp3) is 0.778. The average molecular weight is 170 g/mol. The molecule has 1 rings (SSSR count). The Kier molecular flexibility index (Phi) is 2.22. The lowest BCUT2D eigenvalue weighted by molar-refractivity contribution is -0.152. The Bertz CT molecular complexity index is 220. The molecule has 1 N–H and O–H groups in total. The minimum absolute atomic E-state index is 0.0430. The standard InChI is InChI=1S/C9H14O3/c1-6(2)9(8(11)12)4-3-7(10)5-9/h6H,3-5H2,1-2H3,(H,11,12)/t9-/m0/s1. The quantitative estimate of drug-likeness (QED) is 0.682. The van der Waals surface area contributed by atoms with E-state index in [-0.39, 0.29) is 18.1 Å². The predicted octanol–water partition coefficient (Wildman–Crippen LogP) is 1.47. The zero-order valence-corrected chi connectivity index (χ0v) is 7.46. The second kappa shape index (κ2) is 2.88. The van der Waals surface area contributed by atoms with Gasteiger partial charge in [0.2, 0.25) is 0 Å². The van der Waals surface area contributed by atoms with Gasteiger partial charge in [0, 0.05) is 12.8 Å². The van der Waals surface area contributed by atoms with Gasteiger partial charge in [-0.3, -0.25) is 9.59 Å². The number of carbonyl (C=O) groups excluding carboxylic acids is 1. The summed E-state index contributed by atoms with van der Waals surface area (Å²) in [7, 11) is 0. The van der Waals surface area contributed by atoms with Crippen LogP contribution >= 0.6 is 0 Å². The molecule has 0 radical (unpaired) electrons. The zero-order valence-electron chi connectivity index (χ0n) is 7.46. The molecule has 68 valence electrons. The number of hydrogen-bond acceptors (Lipinski definition) is 2. The Morgan fingerprint density at radius 2 is 2.17 bits per heavy atom. The van der Waals surface area contributed by atoms with E-state index >= 15 is 0 Å². The van der Waals surface area contributed by atoms with Crippen LogP contribution in [0.25, 0.3) is 0 Å². The summed E-state index contributed by atoms with van der Waals surface area (Å²) in [5, 5.41) is 9.00. The summed E-state index contributed by atoms with van der Waals surface area (Å²) >= 11 is 0. The van der Waals surface area contributed by atoms with E-state index in [1.165, 1.54) is 0 Å². The first-order valence-corrected chi connectivity index (χ1v) is 4.24. The van der Waals surface area contributed by atoms with Crippen LogP contribution in [0, 0.1) is 11.3 Å². The Morgan fingerprint density at radius 3 is 2.33 bits per heavy atom. The number of rotatable bonds is 2. The lowest BCUT2D eigenvalue weighted by Crippen LogP contribution is -2.33. The summed E-state index contributed by atoms with van der Waals surface area (Å²) in [6.07, 6.45) is 1.17. The number of carbonyl (C=O) groups is 2. The van der Waals surface area contributed by atoms with Crippen molar-refractivity contribution in [1.29, 1.82) is 0 Å². The van der Waals surface area contributed by atoms with Crippen molar-refractivity contribution in [2.75, 3.05) is 0 Å². The molecule has 0 saturated heterocycles. The van der Waals surface area contributed by atoms with Gasteiger partial charge in [0.1, 0.15) is 5.78 Å². The molecule has 0 heterocycles. The van der Waals surface area contributed by atoms with Crippen molar-refractivity contribution in [2.24, 2.45) is 11.3 Å².